The van der Waals surface area contributed by atoms with Crippen molar-refractivity contribution in [1.82, 2.24) is 0 Å². The molecular formula is C33H56O2. The number of hydrogen-bond acceptors (Lipinski definition) is 2. The van der Waals surface area contributed by atoms with E-state index < -0.39 is 0 Å². The van der Waals surface area contributed by atoms with E-state index in [4.69, 9.17) is 4.74 Å². The Morgan fingerprint density at radius 2 is 1.40 bits per heavy atom. The van der Waals surface area contributed by atoms with Crippen LogP contribution in [0.3, 0.4) is 0 Å². The Kier molecular flexibility index (Phi) is 6.33. The number of esters is 1. The Bertz CT molecular complexity index is 831. The summed E-state index contributed by atoms with van der Waals surface area (Å²) in [6, 6.07) is 0. The van der Waals surface area contributed by atoms with Crippen LogP contribution in [-0.4, -0.2) is 13.1 Å². The summed E-state index contributed by atoms with van der Waals surface area (Å²) in [5, 5.41) is 0. The van der Waals surface area contributed by atoms with Crippen molar-refractivity contribution in [1.29, 1.82) is 0 Å². The van der Waals surface area contributed by atoms with Crippen LogP contribution in [0.15, 0.2) is 0 Å². The molecule has 0 saturated heterocycles. The maximum Gasteiger partial charge on any atom is 0.305 e. The summed E-state index contributed by atoms with van der Waals surface area (Å²) in [6.07, 6.45) is 17.5. The third-order valence-electron chi connectivity index (χ3n) is 14.5. The van der Waals surface area contributed by atoms with E-state index in [1.807, 2.05) is 0 Å². The van der Waals surface area contributed by atoms with Crippen LogP contribution in [-0.2, 0) is 9.53 Å². The van der Waals surface area contributed by atoms with Gasteiger partial charge in [0.1, 0.15) is 0 Å². The second-order valence-electron chi connectivity index (χ2n) is 15.9. The number of hydrogen-bond donors (Lipinski definition) is 0. The second-order valence-corrected chi connectivity index (χ2v) is 15.9. The zero-order chi connectivity index (χ0) is 25.4. The van der Waals surface area contributed by atoms with Crippen molar-refractivity contribution in [2.24, 2.45) is 62.6 Å². The maximum atomic E-state index is 11.8. The molecule has 0 spiro atoms. The molecule has 5 aliphatic rings. The molecule has 0 amide bonds. The summed E-state index contributed by atoms with van der Waals surface area (Å²) in [4.78, 5) is 11.8. The highest BCUT2D eigenvalue weighted by molar-refractivity contribution is 5.69. The highest BCUT2D eigenvalue weighted by atomic mass is 16.5. The molecule has 2 nitrogen and oxygen atoms in total. The standard InChI is InChI=1S/C33H56O2/c1-22(10-13-28(34)35-8)23-14-19-30(4)24(23)15-20-32(6)26(30)11-12-27-31(5)18-9-17-29(2,3)25(31)16-21-33(27,32)7/h22-27H,9-21H2,1-8H3/t22?,23-,24-,25?,26?,27?,30-,31-,32+,33+/m0/s1. The number of carbonyl (C=O) groups excluding carboxylic acids is 1. The van der Waals surface area contributed by atoms with Gasteiger partial charge < -0.3 is 4.74 Å². The van der Waals surface area contributed by atoms with E-state index in [-0.39, 0.29) is 5.97 Å². The molecule has 10 atom stereocenters. The van der Waals surface area contributed by atoms with Crippen molar-refractivity contribution in [2.75, 3.05) is 7.11 Å². The van der Waals surface area contributed by atoms with Gasteiger partial charge in [0.2, 0.25) is 0 Å². The van der Waals surface area contributed by atoms with Crippen LogP contribution in [0.25, 0.3) is 0 Å². The van der Waals surface area contributed by atoms with Crippen LogP contribution in [0.1, 0.15) is 132 Å². The average molecular weight is 485 g/mol. The van der Waals surface area contributed by atoms with Gasteiger partial charge >= 0.3 is 5.97 Å². The van der Waals surface area contributed by atoms with Crippen LogP contribution in [0.5, 0.6) is 0 Å². The molecule has 5 saturated carbocycles. The predicted molar refractivity (Wildman–Crippen MR) is 145 cm³/mol. The first-order valence-corrected chi connectivity index (χ1v) is 15.4. The van der Waals surface area contributed by atoms with Gasteiger partial charge in [-0.2, -0.15) is 0 Å². The highest BCUT2D eigenvalue weighted by Gasteiger charge is 2.70. The van der Waals surface area contributed by atoms with E-state index in [9.17, 15) is 4.79 Å². The molecule has 0 aromatic heterocycles. The van der Waals surface area contributed by atoms with Crippen molar-refractivity contribution < 1.29 is 9.53 Å². The van der Waals surface area contributed by atoms with Crippen molar-refractivity contribution in [3.8, 4) is 0 Å². The first-order chi connectivity index (χ1) is 16.3. The van der Waals surface area contributed by atoms with E-state index in [0.717, 1.165) is 36.0 Å². The molecule has 200 valence electrons. The quantitative estimate of drug-likeness (QED) is 0.372. The van der Waals surface area contributed by atoms with Gasteiger partial charge in [0, 0.05) is 6.42 Å². The van der Waals surface area contributed by atoms with Crippen LogP contribution in [0.4, 0.5) is 0 Å². The predicted octanol–water partition coefficient (Wildman–Crippen LogP) is 9.07. The van der Waals surface area contributed by atoms with E-state index in [1.165, 1.54) is 77.7 Å². The second kappa shape index (κ2) is 8.49. The number of fused-ring (bicyclic) bond motifs is 7. The van der Waals surface area contributed by atoms with Crippen molar-refractivity contribution in [3.63, 3.8) is 0 Å². The van der Waals surface area contributed by atoms with Crippen LogP contribution in [0.2, 0.25) is 0 Å². The molecule has 0 N–H and O–H groups in total. The summed E-state index contributed by atoms with van der Waals surface area (Å²) >= 11 is 0. The summed E-state index contributed by atoms with van der Waals surface area (Å²) in [7, 11) is 1.53. The molecule has 5 fully saturated rings. The SMILES string of the molecule is COC(=O)CCC(C)[C@@H]1CC[C@]2(C)C3CCC4[C@@]5(C)CCCC(C)(C)C5CC[C@@]4(C)[C@]3(C)CC[C@@H]12. The summed E-state index contributed by atoms with van der Waals surface area (Å²) < 4.78 is 4.95. The average Bonchev–Trinajstić information content (AvgIpc) is 3.14. The molecule has 0 radical (unpaired) electrons. The van der Waals surface area contributed by atoms with Crippen molar-refractivity contribution in [3.05, 3.63) is 0 Å². The molecule has 35 heavy (non-hydrogen) atoms. The van der Waals surface area contributed by atoms with Gasteiger partial charge in [0.25, 0.3) is 0 Å². The first-order valence-electron chi connectivity index (χ1n) is 15.4. The Labute approximate surface area is 217 Å². The van der Waals surface area contributed by atoms with Gasteiger partial charge in [-0.25, -0.2) is 0 Å². The van der Waals surface area contributed by atoms with E-state index in [1.54, 1.807) is 0 Å². The Balaban J connectivity index is 1.40. The Hall–Kier alpha value is -0.530. The van der Waals surface area contributed by atoms with E-state index in [0.29, 0.717) is 39.4 Å². The van der Waals surface area contributed by atoms with Gasteiger partial charge in [-0.3, -0.25) is 4.79 Å². The fourth-order valence-electron chi connectivity index (χ4n) is 12.7. The number of carbonyl (C=O) groups is 1. The fraction of sp³-hybridized carbons (Fsp3) is 0.970. The summed E-state index contributed by atoms with van der Waals surface area (Å²) in [5.74, 6) is 4.96. The van der Waals surface area contributed by atoms with Crippen molar-refractivity contribution in [2.45, 2.75) is 132 Å². The van der Waals surface area contributed by atoms with Gasteiger partial charge in [0.15, 0.2) is 0 Å². The maximum absolute atomic E-state index is 11.8. The monoisotopic (exact) mass is 484 g/mol. The lowest BCUT2D eigenvalue weighted by atomic mass is 9.32. The van der Waals surface area contributed by atoms with Gasteiger partial charge in [-0.15, -0.1) is 0 Å². The number of methoxy groups -OCH3 is 1. The zero-order valence-electron chi connectivity index (χ0n) is 24.5. The molecule has 0 bridgehead atoms. The smallest absolute Gasteiger partial charge is 0.305 e. The lowest BCUT2D eigenvalue weighted by Crippen LogP contribution is -2.65. The highest BCUT2D eigenvalue weighted by Crippen LogP contribution is 2.78. The van der Waals surface area contributed by atoms with E-state index >= 15 is 0 Å². The molecule has 0 aliphatic heterocycles. The molecule has 5 aliphatic carbocycles. The molecule has 0 aromatic carbocycles. The minimum absolute atomic E-state index is 0.0323. The zero-order valence-corrected chi connectivity index (χ0v) is 24.5. The van der Waals surface area contributed by atoms with Gasteiger partial charge in [0.05, 0.1) is 7.11 Å². The lowest BCUT2D eigenvalue weighted by Gasteiger charge is -2.73. The normalized spacial score (nSPS) is 51.4. The molecule has 2 heteroatoms. The number of rotatable bonds is 4. The molecule has 4 unspecified atom stereocenters. The minimum Gasteiger partial charge on any atom is -0.469 e. The van der Waals surface area contributed by atoms with E-state index in [2.05, 4.69) is 48.5 Å². The molecule has 0 heterocycles. The summed E-state index contributed by atoms with van der Waals surface area (Å²) in [6.45, 7) is 18.6. The van der Waals surface area contributed by atoms with Crippen LogP contribution >= 0.6 is 0 Å². The fourth-order valence-corrected chi connectivity index (χ4v) is 12.7. The molecule has 0 aromatic rings. The molecule has 5 rings (SSSR count). The minimum atomic E-state index is -0.0323. The summed E-state index contributed by atoms with van der Waals surface area (Å²) in [5.41, 5.74) is 2.54. The lowest BCUT2D eigenvalue weighted by molar-refractivity contribution is -0.241. The third kappa shape index (κ3) is 3.56. The van der Waals surface area contributed by atoms with Gasteiger partial charge in [-0.1, -0.05) is 54.9 Å². The van der Waals surface area contributed by atoms with Crippen LogP contribution < -0.4 is 0 Å². The largest absolute Gasteiger partial charge is 0.469 e. The Morgan fingerprint density at radius 1 is 0.771 bits per heavy atom. The Morgan fingerprint density at radius 3 is 2.06 bits per heavy atom. The first kappa shape index (κ1) is 26.1. The van der Waals surface area contributed by atoms with Crippen molar-refractivity contribution >= 4 is 5.97 Å². The third-order valence-corrected chi connectivity index (χ3v) is 14.5. The molecular weight excluding hydrogens is 428 g/mol. The van der Waals surface area contributed by atoms with Gasteiger partial charge in [-0.05, 0) is 133 Å². The topological polar surface area (TPSA) is 26.3 Å². The van der Waals surface area contributed by atoms with Crippen LogP contribution in [0, 0.1) is 62.6 Å². The number of ether oxygens (including phenoxy) is 1.